The van der Waals surface area contributed by atoms with E-state index in [2.05, 4.69) is 0 Å². The van der Waals surface area contributed by atoms with Crippen molar-refractivity contribution >= 4 is 21.6 Å². The zero-order valence-corrected chi connectivity index (χ0v) is 16.0. The first-order valence-corrected chi connectivity index (χ1v) is 9.16. The second-order valence-corrected chi connectivity index (χ2v) is 7.65. The van der Waals surface area contributed by atoms with E-state index < -0.39 is 10.0 Å². The average molecular weight is 386 g/mol. The fourth-order valence-corrected chi connectivity index (χ4v) is 4.04. The summed E-state index contributed by atoms with van der Waals surface area (Å²) in [6.45, 7) is 0.115. The van der Waals surface area contributed by atoms with Crippen LogP contribution in [0, 0.1) is 0 Å². The molecular weight excluding hydrogens is 366 g/mol. The summed E-state index contributed by atoms with van der Waals surface area (Å²) in [7, 11) is 2.27. The van der Waals surface area contributed by atoms with Gasteiger partial charge >= 0.3 is 0 Å². The molecule has 0 aliphatic carbocycles. The zero-order valence-electron chi connectivity index (χ0n) is 14.4. The van der Waals surface area contributed by atoms with Crippen LogP contribution in [-0.4, -0.2) is 41.1 Å². The Balaban J connectivity index is 2.37. The maximum Gasteiger partial charge on any atom is 0.244 e. The van der Waals surface area contributed by atoms with Gasteiger partial charge in [0.15, 0.2) is 11.5 Å². The van der Waals surface area contributed by atoms with Gasteiger partial charge in [0.25, 0.3) is 0 Å². The van der Waals surface area contributed by atoms with Crippen molar-refractivity contribution in [2.75, 3.05) is 28.4 Å². The minimum Gasteiger partial charge on any atom is -0.493 e. The lowest BCUT2D eigenvalue weighted by Crippen LogP contribution is -2.26. The second kappa shape index (κ2) is 7.95. The number of sulfonamides is 1. The molecule has 0 spiro atoms. The predicted octanol–water partition coefficient (Wildman–Crippen LogP) is 3.19. The third kappa shape index (κ3) is 4.00. The largest absolute Gasteiger partial charge is 0.493 e. The maximum atomic E-state index is 12.7. The zero-order chi connectivity index (χ0) is 18.6. The normalized spacial score (nSPS) is 11.4. The lowest BCUT2D eigenvalue weighted by Gasteiger charge is -2.20. The monoisotopic (exact) mass is 385 g/mol. The van der Waals surface area contributed by atoms with Gasteiger partial charge in [0.05, 0.1) is 26.4 Å². The molecule has 6 nitrogen and oxygen atoms in total. The van der Waals surface area contributed by atoms with Gasteiger partial charge in [0.2, 0.25) is 15.8 Å². The summed E-state index contributed by atoms with van der Waals surface area (Å²) < 4.78 is 42.6. The van der Waals surface area contributed by atoms with Crippen molar-refractivity contribution in [1.82, 2.24) is 4.31 Å². The van der Waals surface area contributed by atoms with E-state index in [1.54, 1.807) is 30.3 Å². The smallest absolute Gasteiger partial charge is 0.244 e. The van der Waals surface area contributed by atoms with Gasteiger partial charge in [-0.2, -0.15) is 4.31 Å². The molecule has 8 heteroatoms. The topological polar surface area (TPSA) is 65.1 Å². The van der Waals surface area contributed by atoms with E-state index in [1.165, 1.54) is 38.7 Å². The van der Waals surface area contributed by atoms with Crippen molar-refractivity contribution in [3.8, 4) is 17.2 Å². The van der Waals surface area contributed by atoms with Crippen LogP contribution in [0.5, 0.6) is 17.2 Å². The summed E-state index contributed by atoms with van der Waals surface area (Å²) in [4.78, 5) is 0.0617. The Morgan fingerprint density at radius 3 is 2.04 bits per heavy atom. The molecule has 0 bridgehead atoms. The summed E-state index contributed by atoms with van der Waals surface area (Å²) in [6.07, 6.45) is 0. The molecule has 0 aliphatic heterocycles. The Morgan fingerprint density at radius 2 is 1.56 bits per heavy atom. The van der Waals surface area contributed by atoms with E-state index in [1.807, 2.05) is 0 Å². The molecule has 0 aromatic heterocycles. The summed E-state index contributed by atoms with van der Waals surface area (Å²) in [5.74, 6) is 1.37. The molecule has 2 rings (SSSR count). The quantitative estimate of drug-likeness (QED) is 0.732. The van der Waals surface area contributed by atoms with Crippen LogP contribution in [0.15, 0.2) is 41.3 Å². The van der Waals surface area contributed by atoms with Gasteiger partial charge in [0.1, 0.15) is 4.90 Å². The van der Waals surface area contributed by atoms with Crippen molar-refractivity contribution in [2.24, 2.45) is 0 Å². The van der Waals surface area contributed by atoms with E-state index in [-0.39, 0.29) is 16.5 Å². The van der Waals surface area contributed by atoms with Crippen LogP contribution in [0.2, 0.25) is 5.02 Å². The van der Waals surface area contributed by atoms with E-state index in [9.17, 15) is 8.42 Å². The van der Waals surface area contributed by atoms with E-state index in [0.717, 1.165) is 0 Å². The third-order valence-electron chi connectivity index (χ3n) is 3.65. The predicted molar refractivity (Wildman–Crippen MR) is 96.2 cm³/mol. The van der Waals surface area contributed by atoms with Crippen molar-refractivity contribution in [1.29, 1.82) is 0 Å². The molecule has 136 valence electrons. The molecule has 25 heavy (non-hydrogen) atoms. The highest BCUT2D eigenvalue weighted by Crippen LogP contribution is 2.38. The fourth-order valence-electron chi connectivity index (χ4n) is 2.39. The van der Waals surface area contributed by atoms with Gasteiger partial charge in [-0.1, -0.05) is 23.7 Å². The average Bonchev–Trinajstić information content (AvgIpc) is 2.60. The summed E-state index contributed by atoms with van der Waals surface area (Å²) >= 11 is 6.03. The van der Waals surface area contributed by atoms with E-state index in [4.69, 9.17) is 25.8 Å². The number of nitrogens with zero attached hydrogens (tertiary/aromatic N) is 1. The SMILES string of the molecule is COc1cc(CN(C)S(=O)(=O)c2ccccc2Cl)cc(OC)c1OC. The highest BCUT2D eigenvalue weighted by molar-refractivity contribution is 7.89. The molecule has 0 fully saturated rings. The Bertz CT molecular complexity index is 829. The number of halogens is 1. The van der Waals surface area contributed by atoms with E-state index >= 15 is 0 Å². The van der Waals surface area contributed by atoms with Crippen molar-refractivity contribution in [3.63, 3.8) is 0 Å². The van der Waals surface area contributed by atoms with Crippen LogP contribution in [0.1, 0.15) is 5.56 Å². The van der Waals surface area contributed by atoms with Gasteiger partial charge in [0, 0.05) is 13.6 Å². The molecule has 0 atom stereocenters. The van der Waals surface area contributed by atoms with Gasteiger partial charge < -0.3 is 14.2 Å². The first-order chi connectivity index (χ1) is 11.8. The van der Waals surface area contributed by atoms with Crippen LogP contribution in [0.25, 0.3) is 0 Å². The van der Waals surface area contributed by atoms with Crippen molar-refractivity contribution in [3.05, 3.63) is 47.0 Å². The fraction of sp³-hybridized carbons (Fsp3) is 0.294. The van der Waals surface area contributed by atoms with E-state index in [0.29, 0.717) is 22.8 Å². The number of ether oxygens (including phenoxy) is 3. The van der Waals surface area contributed by atoms with Crippen LogP contribution < -0.4 is 14.2 Å². The Labute approximate surface area is 152 Å². The summed E-state index contributed by atoms with van der Waals surface area (Å²) in [5.41, 5.74) is 0.688. The highest BCUT2D eigenvalue weighted by atomic mass is 35.5. The number of methoxy groups -OCH3 is 3. The first-order valence-electron chi connectivity index (χ1n) is 7.35. The van der Waals surface area contributed by atoms with Crippen LogP contribution >= 0.6 is 11.6 Å². The lowest BCUT2D eigenvalue weighted by molar-refractivity contribution is 0.323. The molecule has 2 aromatic carbocycles. The van der Waals surface area contributed by atoms with Crippen LogP contribution in [0.3, 0.4) is 0 Å². The van der Waals surface area contributed by atoms with Crippen LogP contribution in [-0.2, 0) is 16.6 Å². The lowest BCUT2D eigenvalue weighted by atomic mass is 10.2. The summed E-state index contributed by atoms with van der Waals surface area (Å²) in [5, 5.41) is 0.180. The Hall–Kier alpha value is -1.96. The van der Waals surface area contributed by atoms with Gasteiger partial charge in [-0.05, 0) is 29.8 Å². The number of rotatable bonds is 7. The number of hydrogen-bond acceptors (Lipinski definition) is 5. The van der Waals surface area contributed by atoms with Gasteiger partial charge in [-0.25, -0.2) is 8.42 Å². The van der Waals surface area contributed by atoms with Crippen molar-refractivity contribution in [2.45, 2.75) is 11.4 Å². The maximum absolute atomic E-state index is 12.7. The molecule has 0 radical (unpaired) electrons. The molecule has 0 aliphatic rings. The molecule has 0 heterocycles. The Morgan fingerprint density at radius 1 is 1.00 bits per heavy atom. The Kier molecular flexibility index (Phi) is 6.16. The minimum absolute atomic E-state index is 0.0617. The molecule has 0 saturated heterocycles. The molecule has 0 saturated carbocycles. The minimum atomic E-state index is -3.73. The van der Waals surface area contributed by atoms with Gasteiger partial charge in [-0.15, -0.1) is 0 Å². The summed E-state index contributed by atoms with van der Waals surface area (Å²) in [6, 6.07) is 9.75. The molecular formula is C17H20ClNO5S. The second-order valence-electron chi connectivity index (χ2n) is 5.23. The van der Waals surface area contributed by atoms with Crippen LogP contribution in [0.4, 0.5) is 0 Å². The standard InChI is InChI=1S/C17H20ClNO5S/c1-19(25(20,21)16-8-6-5-7-13(16)18)11-12-9-14(22-2)17(24-4)15(10-12)23-3/h5-10H,11H2,1-4H3. The van der Waals surface area contributed by atoms with Crippen molar-refractivity contribution < 1.29 is 22.6 Å². The molecule has 0 N–H and O–H groups in total. The highest BCUT2D eigenvalue weighted by Gasteiger charge is 2.24. The third-order valence-corrected chi connectivity index (χ3v) is 5.96. The molecule has 0 amide bonds. The molecule has 2 aromatic rings. The number of hydrogen-bond donors (Lipinski definition) is 0. The molecule has 0 unspecified atom stereocenters. The number of benzene rings is 2. The van der Waals surface area contributed by atoms with Gasteiger partial charge in [-0.3, -0.25) is 0 Å². The first kappa shape index (κ1) is 19.4.